The fraction of sp³-hybridized carbons (Fsp3) is 0.455. The molecule has 4 N–H and O–H groups in total. The van der Waals surface area contributed by atoms with Gasteiger partial charge in [0.25, 0.3) is 0 Å². The van der Waals surface area contributed by atoms with Crippen molar-refractivity contribution >= 4 is 0 Å². The largest absolute Gasteiger partial charge is 4.00 e. The van der Waals surface area contributed by atoms with Crippen molar-refractivity contribution in [1.82, 2.24) is 0 Å². The Morgan fingerprint density at radius 2 is 0.302 bits per heavy atom. The molecule has 0 aliphatic heterocycles. The van der Waals surface area contributed by atoms with Crippen molar-refractivity contribution in [2.45, 2.75) is 138 Å². The predicted octanol–water partition coefficient (Wildman–Crippen LogP) is 12.4. The van der Waals surface area contributed by atoms with Gasteiger partial charge in [-0.05, 0) is 0 Å². The molecule has 0 aliphatic rings. The molecule has 322 valence electrons. The van der Waals surface area contributed by atoms with Crippen LogP contribution in [0.4, 0.5) is 0 Å². The molecule has 4 radical (unpaired) electrons. The molecule has 0 unspecified atom stereocenters. The monoisotopic (exact) mass is 1270 g/mol. The summed E-state index contributed by atoms with van der Waals surface area (Å²) in [6.45, 7) is 44.0. The van der Waals surface area contributed by atoms with Crippen LogP contribution in [-0.2, 0) is 99.0 Å². The van der Waals surface area contributed by atoms with E-state index in [0.29, 0.717) is 0 Å². The Kier molecular flexibility index (Phi) is 53.3. The Hall–Kier alpha value is 0.422. The molecule has 0 heterocycles. The quantitative estimate of drug-likeness (QED) is 0.104. The maximum absolute atomic E-state index is 6.75. The summed E-state index contributed by atoms with van der Waals surface area (Å²) in [6.07, 6.45) is 0. The Morgan fingerprint density at radius 3 is 0.321 bits per heavy atom. The van der Waals surface area contributed by atoms with Gasteiger partial charge in [-0.25, -0.2) is 28.4 Å². The third kappa shape index (κ3) is 20.6. The van der Waals surface area contributed by atoms with Crippen LogP contribution in [0.2, 0.25) is 0 Å². The summed E-state index contributed by atoms with van der Waals surface area (Å²) in [4.78, 5) is 0. The molecule has 0 aromatic heterocycles. The van der Waals surface area contributed by atoms with Crippen LogP contribution in [0.1, 0.15) is 111 Å². The average molecular weight is 1270 g/mol. The van der Waals surface area contributed by atoms with Gasteiger partial charge >= 0.3 is 21.1 Å². The van der Waals surface area contributed by atoms with Crippen LogP contribution in [-0.4, -0.2) is 20.4 Å². The Balaban J connectivity index is -0.0000000634. The fourth-order valence-electron chi connectivity index (χ4n) is 5.62. The third-order valence-electron chi connectivity index (χ3n) is 11.2. The van der Waals surface area contributed by atoms with E-state index in [-0.39, 0.29) is 99.0 Å². The van der Waals surface area contributed by atoms with Gasteiger partial charge in [0.1, 0.15) is 0 Å². The van der Waals surface area contributed by atoms with Crippen molar-refractivity contribution in [3.05, 3.63) is 140 Å². The van der Waals surface area contributed by atoms with Crippen LogP contribution in [0.15, 0.2) is 0 Å². The first-order chi connectivity index (χ1) is 22.2. The van der Waals surface area contributed by atoms with E-state index in [1.165, 1.54) is 111 Å². The zero-order valence-electron chi connectivity index (χ0n) is 36.3. The number of hydrogen-bond acceptors (Lipinski definition) is 4. The van der Waals surface area contributed by atoms with Crippen molar-refractivity contribution in [3.8, 4) is 0 Å². The molecule has 0 spiro atoms. The summed E-state index contributed by atoms with van der Waals surface area (Å²) in [5, 5.41) is 27.0. The maximum Gasteiger partial charge on any atom is 4.00 e. The van der Waals surface area contributed by atoms with E-state index < -0.39 is 0 Å². The van der Waals surface area contributed by atoms with Crippen LogP contribution in [0.25, 0.3) is 0 Å². The molecule has 0 fully saturated rings. The molecule has 0 amide bonds. The molecule has 53 heavy (non-hydrogen) atoms. The minimum absolute atomic E-state index is 0. The zero-order valence-corrected chi connectivity index (χ0v) is 45.1. The first kappa shape index (κ1) is 74.4. The van der Waals surface area contributed by atoms with Gasteiger partial charge in [0, 0.05) is 77.9 Å². The molecule has 4 rings (SSSR count). The van der Waals surface area contributed by atoms with E-state index in [4.69, 9.17) is 20.4 Å². The first-order valence-electron chi connectivity index (χ1n) is 16.3. The molecule has 0 bridgehead atoms. The van der Waals surface area contributed by atoms with E-state index in [0.717, 1.165) is 0 Å². The first-order valence-corrected chi connectivity index (χ1v) is 16.3. The normalized spacial score (nSPS) is 8.38. The molecule has 0 aliphatic carbocycles. The van der Waals surface area contributed by atoms with Gasteiger partial charge in [-0.15, -0.1) is 0 Å². The minimum atomic E-state index is 0. The Labute approximate surface area is 393 Å². The van der Waals surface area contributed by atoms with Gasteiger partial charge < -0.3 is 20.4 Å². The van der Waals surface area contributed by atoms with E-state index in [1.54, 1.807) is 0 Å². The molecule has 9 heteroatoms. The SMILES string of the molecule is Cc1c(C)c(C)[c-](C)c1C.Cc1c(C)c(C)[c-](C)c1C.Cc1c(C)c(C)[c-](C)c1C.Cc1c(C)c(C)[c-](C)c1C.[CH2-]O.[CH2-]O.[CH2-]O.[CH2-]O.[Pt+4].[Rh].[Rh].[Rh].[Rh]. The molecular formula is C44H72O4PtRh4-4. The Bertz CT molecular complexity index is 957. The molecule has 0 saturated heterocycles. The van der Waals surface area contributed by atoms with E-state index in [9.17, 15) is 0 Å². The van der Waals surface area contributed by atoms with Gasteiger partial charge in [-0.3, -0.25) is 0 Å². The minimum Gasteiger partial charge on any atom is -0.569 e. The van der Waals surface area contributed by atoms with Gasteiger partial charge in [0.2, 0.25) is 0 Å². The van der Waals surface area contributed by atoms with Crippen molar-refractivity contribution in [1.29, 1.82) is 0 Å². The topological polar surface area (TPSA) is 80.9 Å². The average Bonchev–Trinajstić information content (AvgIpc) is 3.56. The van der Waals surface area contributed by atoms with Crippen molar-refractivity contribution in [2.24, 2.45) is 0 Å². The van der Waals surface area contributed by atoms with Crippen molar-refractivity contribution in [2.75, 3.05) is 0 Å². The van der Waals surface area contributed by atoms with E-state index in [2.05, 4.69) is 167 Å². The maximum atomic E-state index is 6.75. The second kappa shape index (κ2) is 38.0. The van der Waals surface area contributed by atoms with Crippen molar-refractivity contribution < 1.29 is 119 Å². The van der Waals surface area contributed by atoms with E-state index in [1.807, 2.05) is 0 Å². The summed E-state index contributed by atoms with van der Waals surface area (Å²) in [5.41, 5.74) is 29.4. The smallest absolute Gasteiger partial charge is 0.569 e. The molecular weight excluding hydrogens is 1200 g/mol. The second-order valence-corrected chi connectivity index (χ2v) is 12.5. The van der Waals surface area contributed by atoms with Crippen LogP contribution in [0.3, 0.4) is 0 Å². The van der Waals surface area contributed by atoms with Gasteiger partial charge in [0.15, 0.2) is 0 Å². The second-order valence-electron chi connectivity index (χ2n) is 12.5. The summed E-state index contributed by atoms with van der Waals surface area (Å²) < 4.78 is 0. The Morgan fingerprint density at radius 1 is 0.245 bits per heavy atom. The number of aliphatic hydroxyl groups excluding tert-OH is 4. The molecule has 4 aromatic carbocycles. The molecule has 0 saturated carbocycles. The van der Waals surface area contributed by atoms with E-state index >= 15 is 0 Å². The summed E-state index contributed by atoms with van der Waals surface area (Å²) >= 11 is 0. The number of rotatable bonds is 0. The number of aliphatic hydroxyl groups is 4. The molecule has 4 aromatic rings. The summed E-state index contributed by atoms with van der Waals surface area (Å²) in [6, 6.07) is 0. The zero-order chi connectivity index (χ0) is 39.5. The van der Waals surface area contributed by atoms with Crippen LogP contribution in [0.5, 0.6) is 0 Å². The van der Waals surface area contributed by atoms with Gasteiger partial charge in [-0.2, -0.15) is 111 Å². The summed E-state index contributed by atoms with van der Waals surface area (Å²) in [5.74, 6) is 0. The van der Waals surface area contributed by atoms with Crippen LogP contribution in [0, 0.1) is 167 Å². The van der Waals surface area contributed by atoms with Crippen molar-refractivity contribution in [3.63, 3.8) is 0 Å². The van der Waals surface area contributed by atoms with Crippen LogP contribution < -0.4 is 0 Å². The third-order valence-corrected chi connectivity index (χ3v) is 11.2. The fourth-order valence-corrected chi connectivity index (χ4v) is 5.62. The van der Waals surface area contributed by atoms with Gasteiger partial charge in [0.05, 0.1) is 0 Å². The summed E-state index contributed by atoms with van der Waals surface area (Å²) in [7, 11) is 9.00. The van der Waals surface area contributed by atoms with Crippen LogP contribution >= 0.6 is 0 Å². The molecule has 4 nitrogen and oxygen atoms in total. The standard InChI is InChI=1S/4C10H15.4CH3O.Pt.4Rh/c4*1-6-7(2)9(4)10(5)8(6)3;4*1-2;;;;;/h4*1-5H3;4*2H,1H2;;;;;/q8*-1;+4;;;;. The predicted molar refractivity (Wildman–Crippen MR) is 212 cm³/mol. The molecule has 0 atom stereocenters. The van der Waals surface area contributed by atoms with Gasteiger partial charge in [-0.1, -0.05) is 138 Å². The number of hydrogen-bond donors (Lipinski definition) is 4.